The van der Waals surface area contributed by atoms with E-state index in [1.807, 2.05) is 13.8 Å². The number of halogens is 1. The Hall–Kier alpha value is -1.03. The molecular formula is C19H25FO3. The van der Waals surface area contributed by atoms with Crippen molar-refractivity contribution >= 4 is 11.6 Å². The summed E-state index contributed by atoms with van der Waals surface area (Å²) < 4.78 is 14.9. The van der Waals surface area contributed by atoms with Crippen molar-refractivity contribution < 1.29 is 19.1 Å². The van der Waals surface area contributed by atoms with E-state index in [1.54, 1.807) is 0 Å². The minimum absolute atomic E-state index is 0.0288. The second-order valence-electron chi connectivity index (χ2n) is 8.62. The first-order valence-corrected chi connectivity index (χ1v) is 8.87. The molecule has 3 saturated carbocycles. The number of hydrogen-bond donors (Lipinski definition) is 1. The van der Waals surface area contributed by atoms with Gasteiger partial charge in [0, 0.05) is 23.7 Å². The molecule has 0 amide bonds. The summed E-state index contributed by atoms with van der Waals surface area (Å²) in [5, 5.41) is 11.7. The molecule has 4 rings (SSSR count). The number of alkyl halides is 1. The normalized spacial score (nSPS) is 52.5. The van der Waals surface area contributed by atoms with E-state index in [0.717, 1.165) is 6.42 Å². The number of Topliss-reactive ketones (excluding diaryl/α,β-unsaturated/α-hetero) is 1. The molecule has 4 aliphatic rings. The number of carbonyl (C=O) groups excluding carboxylic acids is 2. The van der Waals surface area contributed by atoms with Crippen molar-refractivity contribution in [3.8, 4) is 0 Å². The van der Waals surface area contributed by atoms with Crippen molar-refractivity contribution in [2.24, 2.45) is 22.7 Å². The molecule has 4 aliphatic carbocycles. The van der Waals surface area contributed by atoms with Gasteiger partial charge in [-0.25, -0.2) is 4.39 Å². The molecule has 0 spiro atoms. The third-order valence-electron chi connectivity index (χ3n) is 7.84. The topological polar surface area (TPSA) is 54.4 Å². The second-order valence-corrected chi connectivity index (χ2v) is 8.62. The first-order valence-electron chi connectivity index (χ1n) is 8.87. The van der Waals surface area contributed by atoms with Crippen LogP contribution in [0.5, 0.6) is 0 Å². The van der Waals surface area contributed by atoms with E-state index >= 15 is 0 Å². The monoisotopic (exact) mass is 320 g/mol. The smallest absolute Gasteiger partial charge is 0.155 e. The zero-order valence-corrected chi connectivity index (χ0v) is 13.9. The van der Waals surface area contributed by atoms with E-state index in [1.165, 1.54) is 6.08 Å². The molecule has 4 heteroatoms. The Bertz CT molecular complexity index is 626. The molecule has 0 heterocycles. The van der Waals surface area contributed by atoms with Gasteiger partial charge < -0.3 is 5.11 Å². The molecule has 0 aromatic carbocycles. The third kappa shape index (κ3) is 1.73. The fourth-order valence-electron chi connectivity index (χ4n) is 6.26. The highest BCUT2D eigenvalue weighted by atomic mass is 19.1. The fourth-order valence-corrected chi connectivity index (χ4v) is 6.26. The lowest BCUT2D eigenvalue weighted by atomic mass is 9.44. The zero-order valence-electron chi connectivity index (χ0n) is 13.9. The van der Waals surface area contributed by atoms with Gasteiger partial charge in [0.05, 0.1) is 5.60 Å². The average molecular weight is 320 g/mol. The van der Waals surface area contributed by atoms with E-state index in [-0.39, 0.29) is 29.8 Å². The lowest BCUT2D eigenvalue weighted by Crippen LogP contribution is -2.65. The molecule has 3 nitrogen and oxygen atoms in total. The van der Waals surface area contributed by atoms with Gasteiger partial charge in [-0.15, -0.1) is 0 Å². The van der Waals surface area contributed by atoms with Crippen molar-refractivity contribution in [2.75, 3.05) is 0 Å². The predicted molar refractivity (Wildman–Crippen MR) is 83.5 cm³/mol. The van der Waals surface area contributed by atoms with Gasteiger partial charge in [-0.3, -0.25) is 9.59 Å². The van der Waals surface area contributed by atoms with Crippen LogP contribution >= 0.6 is 0 Å². The van der Waals surface area contributed by atoms with Crippen molar-refractivity contribution in [3.05, 3.63) is 11.6 Å². The highest BCUT2D eigenvalue weighted by Gasteiger charge is 2.67. The second kappa shape index (κ2) is 4.53. The molecule has 1 N–H and O–H groups in total. The number of hydrogen-bond acceptors (Lipinski definition) is 3. The first kappa shape index (κ1) is 15.5. The van der Waals surface area contributed by atoms with Crippen LogP contribution in [0.25, 0.3) is 0 Å². The Morgan fingerprint density at radius 1 is 1.13 bits per heavy atom. The number of aliphatic hydroxyl groups is 1. The predicted octanol–water partition coefficient (Wildman–Crippen LogP) is 3.15. The molecule has 0 aromatic rings. The van der Waals surface area contributed by atoms with Gasteiger partial charge in [-0.1, -0.05) is 13.8 Å². The van der Waals surface area contributed by atoms with Gasteiger partial charge in [0.2, 0.25) is 0 Å². The van der Waals surface area contributed by atoms with Crippen molar-refractivity contribution in [1.82, 2.24) is 0 Å². The summed E-state index contributed by atoms with van der Waals surface area (Å²) >= 11 is 0. The Balaban J connectivity index is 1.81. The average Bonchev–Trinajstić information content (AvgIpc) is 2.80. The van der Waals surface area contributed by atoms with Crippen LogP contribution in [-0.4, -0.2) is 28.4 Å². The summed E-state index contributed by atoms with van der Waals surface area (Å²) in [5.41, 5.74) is -1.55. The van der Waals surface area contributed by atoms with Crippen molar-refractivity contribution in [2.45, 2.75) is 70.6 Å². The van der Waals surface area contributed by atoms with Crippen LogP contribution in [0.15, 0.2) is 11.6 Å². The maximum Gasteiger partial charge on any atom is 0.155 e. The number of rotatable bonds is 0. The van der Waals surface area contributed by atoms with E-state index < -0.39 is 22.6 Å². The fraction of sp³-hybridized carbons (Fsp3) is 0.789. The van der Waals surface area contributed by atoms with Crippen LogP contribution < -0.4 is 0 Å². The Kier molecular flexibility index (Phi) is 3.05. The van der Waals surface area contributed by atoms with E-state index in [4.69, 9.17) is 0 Å². The van der Waals surface area contributed by atoms with Crippen LogP contribution in [0.2, 0.25) is 0 Å². The van der Waals surface area contributed by atoms with Crippen LogP contribution in [-0.2, 0) is 9.59 Å². The summed E-state index contributed by atoms with van der Waals surface area (Å²) in [6.45, 7) is 3.95. The molecule has 0 bridgehead atoms. The quantitative estimate of drug-likeness (QED) is 0.746. The highest BCUT2D eigenvalue weighted by Crippen LogP contribution is 2.66. The lowest BCUT2D eigenvalue weighted by molar-refractivity contribution is -0.196. The molecule has 0 saturated heterocycles. The van der Waals surface area contributed by atoms with Gasteiger partial charge >= 0.3 is 0 Å². The molecule has 3 fully saturated rings. The maximum absolute atomic E-state index is 14.9. The SMILES string of the molecule is C[C@]12CCC(=O)C=C1[C@H](F)C[C@H]1[C@@H]3CCC(=O)[C@@]3(C)CC[C@@]12O. The summed E-state index contributed by atoms with van der Waals surface area (Å²) in [4.78, 5) is 24.1. The van der Waals surface area contributed by atoms with E-state index in [2.05, 4.69) is 0 Å². The molecule has 6 atom stereocenters. The molecule has 0 radical (unpaired) electrons. The van der Waals surface area contributed by atoms with Gasteiger partial charge in [0.25, 0.3) is 0 Å². The molecule has 126 valence electrons. The summed E-state index contributed by atoms with van der Waals surface area (Å²) in [7, 11) is 0. The number of carbonyl (C=O) groups is 2. The maximum atomic E-state index is 14.9. The Labute approximate surface area is 136 Å². The largest absolute Gasteiger partial charge is 0.389 e. The summed E-state index contributed by atoms with van der Waals surface area (Å²) in [5.74, 6) is 0.144. The number of ketones is 2. The van der Waals surface area contributed by atoms with E-state index in [0.29, 0.717) is 37.7 Å². The molecule has 23 heavy (non-hydrogen) atoms. The van der Waals surface area contributed by atoms with Gasteiger partial charge in [-0.05, 0) is 55.6 Å². The van der Waals surface area contributed by atoms with Gasteiger partial charge in [0.15, 0.2) is 5.78 Å². The van der Waals surface area contributed by atoms with Crippen molar-refractivity contribution in [1.29, 1.82) is 0 Å². The standard InChI is InChI=1S/C19H25FO3/c1-17-7-8-19(23)13(12(17)3-4-16(17)22)10-15(20)14-9-11(21)5-6-18(14,19)2/h9,12-13,15,23H,3-8,10H2,1-2H3/t12-,13-,15+,17-,18-,19+/m0/s1. The van der Waals surface area contributed by atoms with Gasteiger partial charge in [-0.2, -0.15) is 0 Å². The van der Waals surface area contributed by atoms with Crippen LogP contribution in [0.1, 0.15) is 58.8 Å². The Morgan fingerprint density at radius 3 is 2.61 bits per heavy atom. The summed E-state index contributed by atoms with van der Waals surface area (Å²) in [6, 6.07) is 0. The van der Waals surface area contributed by atoms with Crippen LogP contribution in [0.4, 0.5) is 4.39 Å². The molecule has 0 aliphatic heterocycles. The van der Waals surface area contributed by atoms with E-state index in [9.17, 15) is 19.1 Å². The van der Waals surface area contributed by atoms with Gasteiger partial charge in [0.1, 0.15) is 12.0 Å². The summed E-state index contributed by atoms with van der Waals surface area (Å²) in [6.07, 6.45) is 3.96. The van der Waals surface area contributed by atoms with Crippen molar-refractivity contribution in [3.63, 3.8) is 0 Å². The first-order chi connectivity index (χ1) is 10.7. The Morgan fingerprint density at radius 2 is 1.87 bits per heavy atom. The van der Waals surface area contributed by atoms with Crippen LogP contribution in [0.3, 0.4) is 0 Å². The van der Waals surface area contributed by atoms with Crippen LogP contribution in [0, 0.1) is 22.7 Å². The zero-order chi connectivity index (χ0) is 16.6. The molecule has 0 unspecified atom stereocenters. The minimum atomic E-state index is -1.17. The molecular weight excluding hydrogens is 295 g/mol. The number of fused-ring (bicyclic) bond motifs is 5. The minimum Gasteiger partial charge on any atom is -0.389 e. The highest BCUT2D eigenvalue weighted by molar-refractivity contribution is 5.92. The molecule has 0 aromatic heterocycles. The lowest BCUT2D eigenvalue weighted by Gasteiger charge is -2.62. The third-order valence-corrected chi connectivity index (χ3v) is 7.84.